The third-order valence-electron chi connectivity index (χ3n) is 6.01. The second-order valence-electron chi connectivity index (χ2n) is 8.05. The molecular formula is C24H27BrFN3O2. The molecule has 1 aliphatic rings. The van der Waals surface area contributed by atoms with Gasteiger partial charge in [0.15, 0.2) is 0 Å². The first-order valence-electron chi connectivity index (χ1n) is 10.7. The van der Waals surface area contributed by atoms with Gasteiger partial charge in [0, 0.05) is 13.6 Å². The summed E-state index contributed by atoms with van der Waals surface area (Å²) in [6.45, 7) is 3.39. The highest BCUT2D eigenvalue weighted by Gasteiger charge is 2.23. The fraction of sp³-hybridized carbons (Fsp3) is 0.375. The van der Waals surface area contributed by atoms with Crippen molar-refractivity contribution in [3.05, 3.63) is 80.9 Å². The van der Waals surface area contributed by atoms with Crippen LogP contribution in [0.5, 0.6) is 5.75 Å². The number of para-hydroxylation sites is 1. The molecule has 3 aromatic rings. The van der Waals surface area contributed by atoms with E-state index in [9.17, 15) is 9.18 Å². The number of piperidine rings is 1. The maximum atomic E-state index is 13.0. The second-order valence-corrected chi connectivity index (χ2v) is 8.84. The van der Waals surface area contributed by atoms with Gasteiger partial charge in [-0.3, -0.25) is 14.4 Å². The quantitative estimate of drug-likeness (QED) is 0.482. The minimum absolute atomic E-state index is 0.0310. The fourth-order valence-corrected chi connectivity index (χ4v) is 4.72. The summed E-state index contributed by atoms with van der Waals surface area (Å²) >= 11 is 3.53. The number of nitrogens with zero attached hydrogens (tertiary/aromatic N) is 3. The van der Waals surface area contributed by atoms with Crippen molar-refractivity contribution in [2.75, 3.05) is 19.7 Å². The maximum Gasteiger partial charge on any atom is 0.286 e. The predicted molar refractivity (Wildman–Crippen MR) is 123 cm³/mol. The Labute approximate surface area is 190 Å². The molecule has 164 valence electrons. The van der Waals surface area contributed by atoms with Crippen molar-refractivity contribution >= 4 is 15.9 Å². The minimum atomic E-state index is -0.247. The van der Waals surface area contributed by atoms with E-state index in [2.05, 4.69) is 20.8 Å². The third-order valence-corrected chi connectivity index (χ3v) is 6.81. The lowest BCUT2D eigenvalue weighted by Gasteiger charge is -2.32. The van der Waals surface area contributed by atoms with Crippen LogP contribution in [-0.2, 0) is 13.6 Å². The molecule has 31 heavy (non-hydrogen) atoms. The summed E-state index contributed by atoms with van der Waals surface area (Å²) in [6.07, 6.45) is 3.22. The Morgan fingerprint density at radius 1 is 1.06 bits per heavy atom. The van der Waals surface area contributed by atoms with Crippen LogP contribution in [-0.4, -0.2) is 34.0 Å². The molecule has 7 heteroatoms. The molecule has 0 amide bonds. The zero-order valence-electron chi connectivity index (χ0n) is 17.6. The van der Waals surface area contributed by atoms with Crippen molar-refractivity contribution in [2.24, 2.45) is 13.0 Å². The van der Waals surface area contributed by atoms with Crippen LogP contribution in [0.3, 0.4) is 0 Å². The van der Waals surface area contributed by atoms with Crippen LogP contribution in [0.25, 0.3) is 5.69 Å². The summed E-state index contributed by atoms with van der Waals surface area (Å²) in [6, 6.07) is 15.9. The average Bonchev–Trinajstić information content (AvgIpc) is 3.00. The van der Waals surface area contributed by atoms with Gasteiger partial charge in [0.05, 0.1) is 18.0 Å². The van der Waals surface area contributed by atoms with Crippen molar-refractivity contribution in [2.45, 2.75) is 25.8 Å². The molecule has 0 bridgehead atoms. The molecule has 1 fully saturated rings. The molecule has 0 atom stereocenters. The predicted octanol–water partition coefficient (Wildman–Crippen LogP) is 4.76. The molecule has 2 heterocycles. The van der Waals surface area contributed by atoms with Gasteiger partial charge in [-0.15, -0.1) is 0 Å². The SMILES string of the molecule is Cn1c(CN2CCC(CCOc3ccc(F)cc3)CC2)c(Br)c(=O)n1-c1ccccc1. The Morgan fingerprint density at radius 2 is 1.74 bits per heavy atom. The Hall–Kier alpha value is -2.38. The van der Waals surface area contributed by atoms with Crippen LogP contribution in [0.4, 0.5) is 4.39 Å². The Morgan fingerprint density at radius 3 is 2.42 bits per heavy atom. The molecular weight excluding hydrogens is 461 g/mol. The molecule has 0 N–H and O–H groups in total. The van der Waals surface area contributed by atoms with E-state index < -0.39 is 0 Å². The topological polar surface area (TPSA) is 39.4 Å². The lowest BCUT2D eigenvalue weighted by atomic mass is 9.94. The number of hydrogen-bond donors (Lipinski definition) is 0. The van der Waals surface area contributed by atoms with Gasteiger partial charge in [0.1, 0.15) is 16.0 Å². The molecule has 4 rings (SSSR count). The van der Waals surface area contributed by atoms with Crippen LogP contribution in [0, 0.1) is 11.7 Å². The van der Waals surface area contributed by atoms with Crippen LogP contribution >= 0.6 is 15.9 Å². The number of ether oxygens (including phenoxy) is 1. The first-order chi connectivity index (χ1) is 15.0. The van der Waals surface area contributed by atoms with E-state index in [1.54, 1.807) is 16.8 Å². The largest absolute Gasteiger partial charge is 0.494 e. The van der Waals surface area contributed by atoms with Crippen LogP contribution in [0.15, 0.2) is 63.9 Å². The van der Waals surface area contributed by atoms with E-state index in [0.717, 1.165) is 50.3 Å². The summed E-state index contributed by atoms with van der Waals surface area (Å²) < 4.78 is 23.0. The highest BCUT2D eigenvalue weighted by molar-refractivity contribution is 9.10. The van der Waals surface area contributed by atoms with Gasteiger partial charge in [-0.05, 0) is 90.6 Å². The number of halogens is 2. The molecule has 1 saturated heterocycles. The molecule has 0 aliphatic carbocycles. The molecule has 0 spiro atoms. The number of likely N-dealkylation sites (tertiary alicyclic amines) is 1. The van der Waals surface area contributed by atoms with Crippen molar-refractivity contribution in [1.82, 2.24) is 14.3 Å². The summed E-state index contributed by atoms with van der Waals surface area (Å²) in [5.74, 6) is 1.09. The van der Waals surface area contributed by atoms with Gasteiger partial charge in [-0.25, -0.2) is 9.07 Å². The van der Waals surface area contributed by atoms with Crippen molar-refractivity contribution < 1.29 is 9.13 Å². The molecule has 0 unspecified atom stereocenters. The minimum Gasteiger partial charge on any atom is -0.494 e. The number of aromatic nitrogens is 2. The van der Waals surface area contributed by atoms with E-state index in [0.29, 0.717) is 22.7 Å². The second kappa shape index (κ2) is 9.83. The summed E-state index contributed by atoms with van der Waals surface area (Å²) in [5.41, 5.74) is 1.82. The van der Waals surface area contributed by atoms with E-state index in [-0.39, 0.29) is 11.4 Å². The standard InChI is InChI=1S/C24H27BrFN3O2/c1-27-22(23(25)24(30)29(27)20-5-3-2-4-6-20)17-28-14-11-18(12-15-28)13-16-31-21-9-7-19(26)8-10-21/h2-10,18H,11-17H2,1H3. The normalized spacial score (nSPS) is 15.3. The van der Waals surface area contributed by atoms with E-state index in [1.807, 2.05) is 42.1 Å². The van der Waals surface area contributed by atoms with Crippen LogP contribution < -0.4 is 10.3 Å². The van der Waals surface area contributed by atoms with Crippen molar-refractivity contribution in [3.63, 3.8) is 0 Å². The smallest absolute Gasteiger partial charge is 0.286 e. The highest BCUT2D eigenvalue weighted by Crippen LogP contribution is 2.24. The molecule has 2 aromatic carbocycles. The Kier molecular flexibility index (Phi) is 6.92. The Balaban J connectivity index is 1.31. The van der Waals surface area contributed by atoms with Crippen LogP contribution in [0.2, 0.25) is 0 Å². The van der Waals surface area contributed by atoms with Crippen molar-refractivity contribution in [1.29, 1.82) is 0 Å². The van der Waals surface area contributed by atoms with Gasteiger partial charge in [0.2, 0.25) is 0 Å². The lowest BCUT2D eigenvalue weighted by Crippen LogP contribution is -2.34. The van der Waals surface area contributed by atoms with Gasteiger partial charge in [-0.2, -0.15) is 0 Å². The molecule has 1 aromatic heterocycles. The van der Waals surface area contributed by atoms with Crippen molar-refractivity contribution in [3.8, 4) is 11.4 Å². The summed E-state index contributed by atoms with van der Waals surface area (Å²) in [7, 11) is 1.94. The zero-order valence-corrected chi connectivity index (χ0v) is 19.2. The van der Waals surface area contributed by atoms with Gasteiger partial charge in [0.25, 0.3) is 5.56 Å². The van der Waals surface area contributed by atoms with E-state index in [4.69, 9.17) is 4.74 Å². The molecule has 0 radical (unpaired) electrons. The maximum absolute atomic E-state index is 13.0. The highest BCUT2D eigenvalue weighted by atomic mass is 79.9. The zero-order chi connectivity index (χ0) is 21.8. The molecule has 5 nitrogen and oxygen atoms in total. The van der Waals surface area contributed by atoms with E-state index >= 15 is 0 Å². The van der Waals surface area contributed by atoms with Gasteiger partial charge < -0.3 is 4.74 Å². The lowest BCUT2D eigenvalue weighted by molar-refractivity contribution is 0.154. The van der Waals surface area contributed by atoms with Gasteiger partial charge in [-0.1, -0.05) is 18.2 Å². The number of rotatable bonds is 7. The summed E-state index contributed by atoms with van der Waals surface area (Å²) in [5, 5.41) is 0. The first kappa shape index (κ1) is 21.8. The first-order valence-corrected chi connectivity index (χ1v) is 11.4. The fourth-order valence-electron chi connectivity index (χ4n) is 4.17. The van der Waals surface area contributed by atoms with E-state index in [1.165, 1.54) is 12.1 Å². The third kappa shape index (κ3) is 5.10. The molecule has 0 saturated carbocycles. The number of benzene rings is 2. The monoisotopic (exact) mass is 487 g/mol. The van der Waals surface area contributed by atoms with Gasteiger partial charge >= 0.3 is 0 Å². The molecule has 1 aliphatic heterocycles. The number of hydrogen-bond acceptors (Lipinski definition) is 3. The average molecular weight is 488 g/mol. The van der Waals surface area contributed by atoms with Crippen LogP contribution in [0.1, 0.15) is 25.0 Å². The Bertz CT molecular complexity index is 1050. The summed E-state index contributed by atoms with van der Waals surface area (Å²) in [4.78, 5) is 15.2.